The van der Waals surface area contributed by atoms with Crippen molar-refractivity contribution in [3.63, 3.8) is 0 Å². The molecule has 1 atom stereocenters. The molecule has 74 valence electrons. The third-order valence-corrected chi connectivity index (χ3v) is 3.37. The highest BCUT2D eigenvalue weighted by molar-refractivity contribution is 9.10. The third-order valence-electron chi connectivity index (χ3n) is 1.61. The molecule has 2 N–H and O–H groups in total. The summed E-state index contributed by atoms with van der Waals surface area (Å²) in [5.74, 6) is 0. The van der Waals surface area contributed by atoms with Crippen LogP contribution >= 0.6 is 27.3 Å². The van der Waals surface area contributed by atoms with Crippen LogP contribution in [-0.4, -0.2) is 24.3 Å². The quantitative estimate of drug-likeness (QED) is 0.797. The average molecular weight is 264 g/mol. The van der Waals surface area contributed by atoms with E-state index in [0.717, 1.165) is 17.4 Å². The van der Waals surface area contributed by atoms with Gasteiger partial charge in [0.25, 0.3) is 0 Å². The van der Waals surface area contributed by atoms with Crippen LogP contribution in [0.5, 0.6) is 0 Å². The van der Waals surface area contributed by atoms with Gasteiger partial charge in [-0.15, -0.1) is 11.3 Å². The lowest BCUT2D eigenvalue weighted by Crippen LogP contribution is -2.26. The van der Waals surface area contributed by atoms with Crippen molar-refractivity contribution in [1.29, 1.82) is 0 Å². The van der Waals surface area contributed by atoms with Crippen molar-refractivity contribution in [2.45, 2.75) is 19.4 Å². The van der Waals surface area contributed by atoms with Crippen LogP contribution in [0.4, 0.5) is 0 Å². The molecular weight excluding hydrogens is 250 g/mol. The predicted octanol–water partition coefficient (Wildman–Crippen LogP) is 2.02. The van der Waals surface area contributed by atoms with Gasteiger partial charge in [0.1, 0.15) is 0 Å². The highest BCUT2D eigenvalue weighted by atomic mass is 79.9. The maximum Gasteiger partial charge on any atom is 0.0636 e. The van der Waals surface area contributed by atoms with Gasteiger partial charge in [-0.3, -0.25) is 0 Å². The van der Waals surface area contributed by atoms with E-state index in [1.54, 1.807) is 18.3 Å². The summed E-state index contributed by atoms with van der Waals surface area (Å²) in [7, 11) is 0. The number of hydrogen-bond acceptors (Lipinski definition) is 3. The van der Waals surface area contributed by atoms with Gasteiger partial charge in [-0.2, -0.15) is 0 Å². The summed E-state index contributed by atoms with van der Waals surface area (Å²) in [6, 6.07) is 2.13. The monoisotopic (exact) mass is 263 g/mol. The van der Waals surface area contributed by atoms with Crippen molar-refractivity contribution in [3.8, 4) is 0 Å². The lowest BCUT2D eigenvalue weighted by atomic mass is 10.3. The minimum absolute atomic E-state index is 0.255. The van der Waals surface area contributed by atoms with Crippen LogP contribution in [0.15, 0.2) is 15.9 Å². The molecule has 0 amide bonds. The molecule has 1 aromatic rings. The Morgan fingerprint density at radius 1 is 1.69 bits per heavy atom. The van der Waals surface area contributed by atoms with Crippen LogP contribution in [0.3, 0.4) is 0 Å². The highest BCUT2D eigenvalue weighted by Gasteiger charge is 1.98. The summed E-state index contributed by atoms with van der Waals surface area (Å²) >= 11 is 5.17. The van der Waals surface area contributed by atoms with Crippen molar-refractivity contribution in [2.75, 3.05) is 13.1 Å². The molecule has 0 spiro atoms. The van der Waals surface area contributed by atoms with Crippen molar-refractivity contribution < 1.29 is 5.11 Å². The molecule has 0 aliphatic carbocycles. The molecule has 4 heteroatoms. The van der Waals surface area contributed by atoms with E-state index in [2.05, 4.69) is 32.7 Å². The fraction of sp³-hybridized carbons (Fsp3) is 0.556. The Balaban J connectivity index is 2.13. The van der Waals surface area contributed by atoms with Gasteiger partial charge >= 0.3 is 0 Å². The first-order valence-electron chi connectivity index (χ1n) is 4.30. The van der Waals surface area contributed by atoms with Crippen LogP contribution in [0.2, 0.25) is 0 Å². The maximum atomic E-state index is 8.99. The molecule has 0 saturated carbocycles. The number of nitrogens with one attached hydrogen (secondary N) is 1. The zero-order valence-corrected chi connectivity index (χ0v) is 9.99. The van der Waals surface area contributed by atoms with Crippen LogP contribution < -0.4 is 5.32 Å². The zero-order valence-electron chi connectivity index (χ0n) is 7.59. The molecule has 13 heavy (non-hydrogen) atoms. The Morgan fingerprint density at radius 2 is 2.46 bits per heavy atom. The third kappa shape index (κ3) is 4.76. The molecular formula is C9H14BrNOS. The van der Waals surface area contributed by atoms with E-state index in [1.807, 2.05) is 0 Å². The van der Waals surface area contributed by atoms with Gasteiger partial charge in [0, 0.05) is 27.8 Å². The van der Waals surface area contributed by atoms with E-state index >= 15 is 0 Å². The van der Waals surface area contributed by atoms with E-state index in [9.17, 15) is 0 Å². The van der Waals surface area contributed by atoms with E-state index < -0.39 is 0 Å². The fourth-order valence-electron chi connectivity index (χ4n) is 1.01. The van der Waals surface area contributed by atoms with Crippen LogP contribution in [0, 0.1) is 0 Å². The molecule has 1 aromatic heterocycles. The van der Waals surface area contributed by atoms with E-state index in [0.29, 0.717) is 6.54 Å². The molecule has 0 saturated heterocycles. The summed E-state index contributed by atoms with van der Waals surface area (Å²) in [5.41, 5.74) is 0. The Bertz CT molecular complexity index is 250. The number of rotatable bonds is 5. The van der Waals surface area contributed by atoms with E-state index in [1.165, 1.54) is 4.88 Å². The molecule has 0 aliphatic rings. The summed E-state index contributed by atoms with van der Waals surface area (Å²) in [5, 5.41) is 14.3. The molecule has 0 aliphatic heterocycles. The highest BCUT2D eigenvalue weighted by Crippen LogP contribution is 2.19. The topological polar surface area (TPSA) is 32.3 Å². The van der Waals surface area contributed by atoms with Crippen molar-refractivity contribution >= 4 is 27.3 Å². The largest absolute Gasteiger partial charge is 0.392 e. The molecule has 1 rings (SSSR count). The first-order valence-corrected chi connectivity index (χ1v) is 5.97. The average Bonchev–Trinajstić information content (AvgIpc) is 2.45. The molecule has 0 fully saturated rings. The molecule has 1 heterocycles. The van der Waals surface area contributed by atoms with Crippen LogP contribution in [0.1, 0.15) is 11.8 Å². The normalized spacial score (nSPS) is 13.2. The number of aliphatic hydroxyl groups excluding tert-OH is 1. The van der Waals surface area contributed by atoms with Gasteiger partial charge in [0.2, 0.25) is 0 Å². The summed E-state index contributed by atoms with van der Waals surface area (Å²) in [6.07, 6.45) is 0.776. The predicted molar refractivity (Wildman–Crippen MR) is 60.3 cm³/mol. The van der Waals surface area contributed by atoms with Crippen LogP contribution in [0.25, 0.3) is 0 Å². The molecule has 0 bridgehead atoms. The standard InChI is InChI=1S/C9H14BrNOS/c1-7(12)5-11-3-2-9-4-8(10)6-13-9/h4,6-7,11-12H,2-3,5H2,1H3. The lowest BCUT2D eigenvalue weighted by Gasteiger charge is -2.05. The Kier molecular flexibility index (Phi) is 4.94. The maximum absolute atomic E-state index is 8.99. The van der Waals surface area contributed by atoms with Gasteiger partial charge in [-0.25, -0.2) is 0 Å². The number of thiophene rings is 1. The number of halogens is 1. The SMILES string of the molecule is CC(O)CNCCc1cc(Br)cs1. The molecule has 1 unspecified atom stereocenters. The number of aliphatic hydroxyl groups is 1. The first kappa shape index (κ1) is 11.2. The second-order valence-electron chi connectivity index (χ2n) is 3.03. The summed E-state index contributed by atoms with van der Waals surface area (Å²) in [6.45, 7) is 3.39. The molecule has 0 aromatic carbocycles. The van der Waals surface area contributed by atoms with Crippen molar-refractivity contribution in [1.82, 2.24) is 5.32 Å². The van der Waals surface area contributed by atoms with Crippen molar-refractivity contribution in [2.24, 2.45) is 0 Å². The fourth-order valence-corrected chi connectivity index (χ4v) is 2.46. The minimum atomic E-state index is -0.255. The van der Waals surface area contributed by atoms with Gasteiger partial charge < -0.3 is 10.4 Å². The second-order valence-corrected chi connectivity index (χ2v) is 4.95. The smallest absolute Gasteiger partial charge is 0.0636 e. The Morgan fingerprint density at radius 3 is 3.00 bits per heavy atom. The Hall–Kier alpha value is 0.1000. The molecule has 2 nitrogen and oxygen atoms in total. The second kappa shape index (κ2) is 5.75. The minimum Gasteiger partial charge on any atom is -0.392 e. The van der Waals surface area contributed by atoms with Gasteiger partial charge in [0.15, 0.2) is 0 Å². The van der Waals surface area contributed by atoms with Gasteiger partial charge in [0.05, 0.1) is 6.10 Å². The van der Waals surface area contributed by atoms with Crippen molar-refractivity contribution in [3.05, 3.63) is 20.8 Å². The Labute approximate surface area is 91.1 Å². The molecule has 0 radical (unpaired) electrons. The zero-order chi connectivity index (χ0) is 9.68. The van der Waals surface area contributed by atoms with E-state index in [-0.39, 0.29) is 6.10 Å². The number of hydrogen-bond donors (Lipinski definition) is 2. The first-order chi connectivity index (χ1) is 6.18. The van der Waals surface area contributed by atoms with E-state index in [4.69, 9.17) is 5.11 Å². The summed E-state index contributed by atoms with van der Waals surface area (Å²) < 4.78 is 1.16. The van der Waals surface area contributed by atoms with Crippen LogP contribution in [-0.2, 0) is 6.42 Å². The summed E-state index contributed by atoms with van der Waals surface area (Å²) in [4.78, 5) is 1.37. The van der Waals surface area contributed by atoms with Gasteiger partial charge in [-0.05, 0) is 35.3 Å². The lowest BCUT2D eigenvalue weighted by molar-refractivity contribution is 0.192. The van der Waals surface area contributed by atoms with Gasteiger partial charge in [-0.1, -0.05) is 0 Å².